The highest BCUT2D eigenvalue weighted by atomic mass is 16.5. The van der Waals surface area contributed by atoms with E-state index in [0.29, 0.717) is 6.61 Å². The van der Waals surface area contributed by atoms with Crippen LogP contribution >= 0.6 is 0 Å². The highest BCUT2D eigenvalue weighted by Crippen LogP contribution is 2.20. The lowest BCUT2D eigenvalue weighted by Gasteiger charge is -2.29. The van der Waals surface area contributed by atoms with Crippen molar-refractivity contribution in [3.05, 3.63) is 0 Å². The van der Waals surface area contributed by atoms with E-state index >= 15 is 0 Å². The molecule has 3 heteroatoms. The summed E-state index contributed by atoms with van der Waals surface area (Å²) in [4.78, 5) is 0. The minimum absolute atomic E-state index is 0.196. The number of hydrogen-bond donors (Lipinski definition) is 2. The fourth-order valence-corrected chi connectivity index (χ4v) is 1.67. The van der Waals surface area contributed by atoms with E-state index in [1.807, 2.05) is 6.92 Å². The summed E-state index contributed by atoms with van der Waals surface area (Å²) in [6, 6.07) is 0.208. The molecule has 1 aliphatic rings. The van der Waals surface area contributed by atoms with Gasteiger partial charge in [-0.1, -0.05) is 19.8 Å². The van der Waals surface area contributed by atoms with Gasteiger partial charge in [0.15, 0.2) is 0 Å². The molecule has 0 aliphatic heterocycles. The van der Waals surface area contributed by atoms with Gasteiger partial charge in [0.05, 0.1) is 12.7 Å². The first-order valence-electron chi connectivity index (χ1n) is 5.22. The number of rotatable bonds is 4. The van der Waals surface area contributed by atoms with Gasteiger partial charge in [-0.15, -0.1) is 0 Å². The molecule has 1 rings (SSSR count). The fraction of sp³-hybridized carbons (Fsp3) is 1.00. The standard InChI is InChI=1S/C10H21NO2/c1-8(6-12)7-13-10-5-3-2-4-9(10)11/h8-10,12H,2-7,11H2,1H3. The highest BCUT2D eigenvalue weighted by molar-refractivity contribution is 4.78. The van der Waals surface area contributed by atoms with Crippen molar-refractivity contribution in [1.82, 2.24) is 0 Å². The zero-order valence-electron chi connectivity index (χ0n) is 8.41. The van der Waals surface area contributed by atoms with Crippen molar-refractivity contribution in [3.63, 3.8) is 0 Å². The Labute approximate surface area is 80.3 Å². The zero-order valence-corrected chi connectivity index (χ0v) is 8.41. The topological polar surface area (TPSA) is 55.5 Å². The van der Waals surface area contributed by atoms with E-state index in [4.69, 9.17) is 15.6 Å². The number of ether oxygens (including phenoxy) is 1. The minimum atomic E-state index is 0.196. The number of nitrogens with two attached hydrogens (primary N) is 1. The van der Waals surface area contributed by atoms with Crippen molar-refractivity contribution in [3.8, 4) is 0 Å². The lowest BCUT2D eigenvalue weighted by molar-refractivity contribution is -0.00976. The molecule has 0 aromatic heterocycles. The average molecular weight is 187 g/mol. The second-order valence-electron chi connectivity index (χ2n) is 4.11. The normalized spacial score (nSPS) is 31.6. The maximum atomic E-state index is 8.82. The largest absolute Gasteiger partial charge is 0.396 e. The Morgan fingerprint density at radius 3 is 2.77 bits per heavy atom. The van der Waals surface area contributed by atoms with Crippen LogP contribution < -0.4 is 5.73 Å². The average Bonchev–Trinajstić information content (AvgIpc) is 2.16. The monoisotopic (exact) mass is 187 g/mol. The van der Waals surface area contributed by atoms with Crippen LogP contribution in [0, 0.1) is 5.92 Å². The van der Waals surface area contributed by atoms with Crippen LogP contribution in [0.5, 0.6) is 0 Å². The fourth-order valence-electron chi connectivity index (χ4n) is 1.67. The molecule has 3 N–H and O–H groups in total. The molecule has 0 aromatic rings. The Morgan fingerprint density at radius 2 is 2.15 bits per heavy atom. The summed E-state index contributed by atoms with van der Waals surface area (Å²) in [6.45, 7) is 2.81. The molecule has 3 nitrogen and oxygen atoms in total. The maximum Gasteiger partial charge on any atom is 0.0726 e. The summed E-state index contributed by atoms with van der Waals surface area (Å²) in [5.41, 5.74) is 5.92. The van der Waals surface area contributed by atoms with Crippen molar-refractivity contribution in [2.24, 2.45) is 11.7 Å². The van der Waals surface area contributed by atoms with Crippen molar-refractivity contribution in [1.29, 1.82) is 0 Å². The maximum absolute atomic E-state index is 8.82. The van der Waals surface area contributed by atoms with Gasteiger partial charge in [0.1, 0.15) is 0 Å². The molecule has 3 unspecified atom stereocenters. The van der Waals surface area contributed by atoms with Crippen LogP contribution in [-0.2, 0) is 4.74 Å². The van der Waals surface area contributed by atoms with Gasteiger partial charge < -0.3 is 15.6 Å². The molecule has 0 radical (unpaired) electrons. The van der Waals surface area contributed by atoms with Crippen LogP contribution in [0.1, 0.15) is 32.6 Å². The van der Waals surface area contributed by atoms with Crippen LogP contribution in [0.25, 0.3) is 0 Å². The molecule has 1 aliphatic carbocycles. The van der Waals surface area contributed by atoms with E-state index in [0.717, 1.165) is 12.8 Å². The van der Waals surface area contributed by atoms with Gasteiger partial charge in [-0.25, -0.2) is 0 Å². The second kappa shape index (κ2) is 5.58. The summed E-state index contributed by atoms with van der Waals surface area (Å²) in [7, 11) is 0. The molecule has 0 saturated heterocycles. The predicted molar refractivity (Wildman–Crippen MR) is 52.4 cm³/mol. The van der Waals surface area contributed by atoms with E-state index in [9.17, 15) is 0 Å². The third-order valence-electron chi connectivity index (χ3n) is 2.66. The second-order valence-corrected chi connectivity index (χ2v) is 4.11. The number of hydrogen-bond acceptors (Lipinski definition) is 3. The summed E-state index contributed by atoms with van der Waals surface area (Å²) >= 11 is 0. The lowest BCUT2D eigenvalue weighted by Crippen LogP contribution is -2.40. The smallest absolute Gasteiger partial charge is 0.0726 e. The molecule has 3 atom stereocenters. The van der Waals surface area contributed by atoms with Crippen LogP contribution in [0.2, 0.25) is 0 Å². The van der Waals surface area contributed by atoms with E-state index in [2.05, 4.69) is 0 Å². The number of aliphatic hydroxyl groups is 1. The lowest BCUT2D eigenvalue weighted by atomic mass is 9.93. The molecule has 0 bridgehead atoms. The molecule has 0 heterocycles. The van der Waals surface area contributed by atoms with E-state index in [1.165, 1.54) is 12.8 Å². The van der Waals surface area contributed by atoms with Crippen molar-refractivity contribution >= 4 is 0 Å². The summed E-state index contributed by atoms with van der Waals surface area (Å²) in [5.74, 6) is 0.231. The van der Waals surface area contributed by atoms with Gasteiger partial charge in [-0.2, -0.15) is 0 Å². The van der Waals surface area contributed by atoms with E-state index in [-0.39, 0.29) is 24.7 Å². The molecule has 0 amide bonds. The Morgan fingerprint density at radius 1 is 1.46 bits per heavy atom. The summed E-state index contributed by atoms with van der Waals surface area (Å²) < 4.78 is 5.66. The van der Waals surface area contributed by atoms with Crippen LogP contribution in [-0.4, -0.2) is 30.5 Å². The van der Waals surface area contributed by atoms with Crippen molar-refractivity contribution in [2.75, 3.05) is 13.2 Å². The molecule has 0 aromatic carbocycles. The first kappa shape index (κ1) is 11.0. The van der Waals surface area contributed by atoms with Crippen LogP contribution in [0.4, 0.5) is 0 Å². The molecule has 1 saturated carbocycles. The Balaban J connectivity index is 2.18. The van der Waals surface area contributed by atoms with E-state index in [1.54, 1.807) is 0 Å². The molecular formula is C10H21NO2. The van der Waals surface area contributed by atoms with Crippen molar-refractivity contribution in [2.45, 2.75) is 44.8 Å². The molecule has 1 fully saturated rings. The Hall–Kier alpha value is -0.120. The molecule has 0 spiro atoms. The van der Waals surface area contributed by atoms with E-state index < -0.39 is 0 Å². The third-order valence-corrected chi connectivity index (χ3v) is 2.66. The summed E-state index contributed by atoms with van der Waals surface area (Å²) in [5, 5.41) is 8.82. The van der Waals surface area contributed by atoms with Crippen LogP contribution in [0.3, 0.4) is 0 Å². The minimum Gasteiger partial charge on any atom is -0.396 e. The van der Waals surface area contributed by atoms with Gasteiger partial charge >= 0.3 is 0 Å². The van der Waals surface area contributed by atoms with Gasteiger partial charge in [0, 0.05) is 18.6 Å². The quantitative estimate of drug-likeness (QED) is 0.687. The molecule has 13 heavy (non-hydrogen) atoms. The Kier molecular flexibility index (Phi) is 4.70. The van der Waals surface area contributed by atoms with Gasteiger partial charge in [0.2, 0.25) is 0 Å². The predicted octanol–water partition coefficient (Wildman–Crippen LogP) is 0.901. The Bertz CT molecular complexity index is 141. The molecule has 78 valence electrons. The first-order chi connectivity index (χ1) is 6.24. The number of aliphatic hydroxyl groups excluding tert-OH is 1. The third kappa shape index (κ3) is 3.63. The van der Waals surface area contributed by atoms with Gasteiger partial charge in [-0.05, 0) is 12.8 Å². The SMILES string of the molecule is CC(CO)COC1CCCCC1N. The molecular weight excluding hydrogens is 166 g/mol. The summed E-state index contributed by atoms with van der Waals surface area (Å²) in [6.07, 6.45) is 4.85. The van der Waals surface area contributed by atoms with Gasteiger partial charge in [-0.3, -0.25) is 0 Å². The van der Waals surface area contributed by atoms with Crippen molar-refractivity contribution < 1.29 is 9.84 Å². The zero-order chi connectivity index (χ0) is 9.68. The first-order valence-corrected chi connectivity index (χ1v) is 5.22. The highest BCUT2D eigenvalue weighted by Gasteiger charge is 2.22. The van der Waals surface area contributed by atoms with Gasteiger partial charge in [0.25, 0.3) is 0 Å². The van der Waals surface area contributed by atoms with Crippen LogP contribution in [0.15, 0.2) is 0 Å².